The normalized spacial score (nSPS) is 20.2. The number of halogens is 1. The van der Waals surface area contributed by atoms with Crippen LogP contribution in [0.3, 0.4) is 0 Å². The van der Waals surface area contributed by atoms with E-state index in [1.807, 2.05) is 13.0 Å². The molecule has 4 aliphatic heterocycles. The van der Waals surface area contributed by atoms with Crippen molar-refractivity contribution in [3.63, 3.8) is 0 Å². The number of benzene rings is 2. The van der Waals surface area contributed by atoms with Crippen LogP contribution in [0, 0.1) is 24.1 Å². The van der Waals surface area contributed by atoms with Gasteiger partial charge < -0.3 is 34.8 Å². The van der Waals surface area contributed by atoms with E-state index in [-0.39, 0.29) is 59.7 Å². The van der Waals surface area contributed by atoms with Gasteiger partial charge in [0.15, 0.2) is 6.29 Å². The smallest absolute Gasteiger partial charge is 0.257 e. The summed E-state index contributed by atoms with van der Waals surface area (Å²) < 4.78 is 27.0. The third-order valence-electron chi connectivity index (χ3n) is 13.2. The number of pyridine rings is 2. The van der Waals surface area contributed by atoms with E-state index >= 15 is 4.39 Å². The molecule has 1 saturated carbocycles. The van der Waals surface area contributed by atoms with E-state index in [2.05, 4.69) is 35.7 Å². The average Bonchev–Trinajstić information content (AvgIpc) is 3.23. The zero-order valence-electron chi connectivity index (χ0n) is 34.3. The zero-order valence-corrected chi connectivity index (χ0v) is 34.3. The largest absolute Gasteiger partial charge is 0.474 e. The number of rotatable bonds is 11. The highest BCUT2D eigenvalue weighted by molar-refractivity contribution is 6.09. The second kappa shape index (κ2) is 16.5. The fourth-order valence-corrected chi connectivity index (χ4v) is 9.72. The van der Waals surface area contributed by atoms with Gasteiger partial charge in [0.25, 0.3) is 11.8 Å². The number of hydrogen-bond acceptors (Lipinski definition) is 12. The van der Waals surface area contributed by atoms with Crippen LogP contribution in [-0.2, 0) is 19.1 Å². The van der Waals surface area contributed by atoms with Crippen molar-refractivity contribution in [3.05, 3.63) is 71.3 Å². The maximum atomic E-state index is 15.3. The molecule has 61 heavy (non-hydrogen) atoms. The molecule has 2 aromatic carbocycles. The van der Waals surface area contributed by atoms with Crippen molar-refractivity contribution in [2.24, 2.45) is 11.3 Å². The van der Waals surface area contributed by atoms with E-state index in [4.69, 9.17) is 9.47 Å². The molecule has 1 spiro atoms. The molecule has 16 heteroatoms. The summed E-state index contributed by atoms with van der Waals surface area (Å²) in [5.41, 5.74) is 4.13. The van der Waals surface area contributed by atoms with Crippen molar-refractivity contribution in [2.75, 3.05) is 75.1 Å². The molecule has 15 nitrogen and oxygen atoms in total. The standard InChI is InChI=1S/C45H49FN8O7/c1-26-33(20-49-43-41(26)47-10-13-60-43)32-14-29-16-37(48-19-30(29)15-34(32)46)50-39(57)25-61-31-17-45(18-31)8-11-53(12-9-45)21-27-22-54(23-27)35-5-3-4-28(24-55)40(35)44(59)52(2)36-6-7-38(56)51-42(36)58/h3-5,14-16,19-20,24,27,31,36,47H,6-13,17-18,21-23,25H2,1-2H3,(H,48,50,57)(H,51,56,58). The Balaban J connectivity index is 0.728. The summed E-state index contributed by atoms with van der Waals surface area (Å²) in [5, 5.41) is 9.79. The highest BCUT2D eigenvalue weighted by Crippen LogP contribution is 2.50. The summed E-state index contributed by atoms with van der Waals surface area (Å²) >= 11 is 0. The van der Waals surface area contributed by atoms with Crippen LogP contribution in [0.15, 0.2) is 48.8 Å². The van der Waals surface area contributed by atoms with Gasteiger partial charge in [-0.25, -0.2) is 14.4 Å². The van der Waals surface area contributed by atoms with E-state index in [1.54, 1.807) is 43.7 Å². The number of aromatic nitrogens is 2. The molecule has 0 radical (unpaired) electrons. The second-order valence-corrected chi connectivity index (χ2v) is 17.2. The van der Waals surface area contributed by atoms with E-state index in [9.17, 15) is 24.0 Å². The number of amides is 4. The van der Waals surface area contributed by atoms with Gasteiger partial charge in [0, 0.05) is 80.0 Å². The molecule has 4 fully saturated rings. The van der Waals surface area contributed by atoms with Crippen LogP contribution in [0.25, 0.3) is 21.9 Å². The summed E-state index contributed by atoms with van der Waals surface area (Å²) in [7, 11) is 1.54. The molecule has 3 N–H and O–H groups in total. The Kier molecular flexibility index (Phi) is 10.9. The van der Waals surface area contributed by atoms with E-state index in [0.29, 0.717) is 59.3 Å². The van der Waals surface area contributed by atoms with Gasteiger partial charge in [-0.2, -0.15) is 0 Å². The van der Waals surface area contributed by atoms with Gasteiger partial charge in [-0.05, 0) is 92.7 Å². The molecule has 318 valence electrons. The molecule has 9 rings (SSSR count). The summed E-state index contributed by atoms with van der Waals surface area (Å²) in [6.07, 6.45) is 8.24. The highest BCUT2D eigenvalue weighted by Gasteiger charge is 2.47. The van der Waals surface area contributed by atoms with Crippen LogP contribution in [0.4, 0.5) is 21.6 Å². The Morgan fingerprint density at radius 3 is 2.66 bits per heavy atom. The van der Waals surface area contributed by atoms with Gasteiger partial charge in [0.2, 0.25) is 17.7 Å². The number of aldehydes is 1. The predicted molar refractivity (Wildman–Crippen MR) is 225 cm³/mol. The maximum Gasteiger partial charge on any atom is 0.257 e. The minimum atomic E-state index is -0.783. The number of likely N-dealkylation sites (tertiary alicyclic amines) is 1. The molecule has 1 aliphatic carbocycles. The lowest BCUT2D eigenvalue weighted by molar-refractivity contribution is -0.136. The quantitative estimate of drug-likeness (QED) is 0.142. The maximum absolute atomic E-state index is 15.3. The fourth-order valence-electron chi connectivity index (χ4n) is 9.72. The van der Waals surface area contributed by atoms with Gasteiger partial charge in [0.1, 0.15) is 36.6 Å². The van der Waals surface area contributed by atoms with Crippen LogP contribution in [0.1, 0.15) is 64.8 Å². The Morgan fingerprint density at radius 2 is 1.89 bits per heavy atom. The first-order valence-electron chi connectivity index (χ1n) is 21.0. The lowest BCUT2D eigenvalue weighted by Crippen LogP contribution is -2.56. The molecular formula is C45H49FN8O7. The average molecular weight is 833 g/mol. The first-order chi connectivity index (χ1) is 29.5. The topological polar surface area (TPSA) is 175 Å². The number of ether oxygens (including phenoxy) is 2. The summed E-state index contributed by atoms with van der Waals surface area (Å²) in [6.45, 7) is 7.41. The number of hydrogen-bond donors (Lipinski definition) is 3. The predicted octanol–water partition coefficient (Wildman–Crippen LogP) is 4.57. The van der Waals surface area contributed by atoms with Gasteiger partial charge >= 0.3 is 0 Å². The lowest BCUT2D eigenvalue weighted by atomic mass is 9.61. The van der Waals surface area contributed by atoms with Crippen LogP contribution >= 0.6 is 0 Å². The number of piperidine rings is 2. The number of imide groups is 1. The van der Waals surface area contributed by atoms with Crippen LogP contribution in [-0.4, -0.2) is 121 Å². The number of nitrogens with one attached hydrogen (secondary N) is 3. The summed E-state index contributed by atoms with van der Waals surface area (Å²) in [4.78, 5) is 77.6. The summed E-state index contributed by atoms with van der Waals surface area (Å²) in [5.74, 6) is -0.682. The van der Waals surface area contributed by atoms with Crippen molar-refractivity contribution in [2.45, 2.75) is 57.6 Å². The second-order valence-electron chi connectivity index (χ2n) is 17.2. The Bertz CT molecular complexity index is 2420. The van der Waals surface area contributed by atoms with Crippen LogP contribution in [0.5, 0.6) is 5.88 Å². The number of fused-ring (bicyclic) bond motifs is 2. The van der Waals surface area contributed by atoms with Gasteiger partial charge in [-0.3, -0.25) is 29.3 Å². The van der Waals surface area contributed by atoms with Crippen molar-refractivity contribution < 1.29 is 37.8 Å². The molecule has 1 unspecified atom stereocenters. The SMILES string of the molecule is Cc1c(-c2cc3cc(NC(=O)COC4CC5(CCN(CC6CN(c7cccc(C=O)c7C(=O)N(C)C7CCC(=O)NC7=O)C6)CC5)C4)ncc3cc2F)cnc2c1NCCO2. The zero-order chi connectivity index (χ0) is 42.4. The lowest BCUT2D eigenvalue weighted by Gasteiger charge is -2.53. The van der Waals surface area contributed by atoms with Crippen LogP contribution < -0.4 is 25.6 Å². The molecule has 0 bridgehead atoms. The molecule has 1 atom stereocenters. The van der Waals surface area contributed by atoms with Gasteiger partial charge in [-0.1, -0.05) is 12.1 Å². The summed E-state index contributed by atoms with van der Waals surface area (Å²) in [6, 6.07) is 9.38. The number of anilines is 3. The molecule has 4 amide bonds. The van der Waals surface area contributed by atoms with Gasteiger partial charge in [0.05, 0.1) is 17.4 Å². The van der Waals surface area contributed by atoms with E-state index < -0.39 is 17.9 Å². The van der Waals surface area contributed by atoms with Crippen molar-refractivity contribution in [1.82, 2.24) is 25.1 Å². The molecule has 3 saturated heterocycles. The highest BCUT2D eigenvalue weighted by atomic mass is 19.1. The van der Waals surface area contributed by atoms with Crippen molar-refractivity contribution >= 4 is 57.9 Å². The van der Waals surface area contributed by atoms with E-state index in [0.717, 1.165) is 75.0 Å². The van der Waals surface area contributed by atoms with Crippen molar-refractivity contribution in [3.8, 4) is 17.0 Å². The fraction of sp³-hybridized carbons (Fsp3) is 0.444. The minimum absolute atomic E-state index is 0.0222. The molecular weight excluding hydrogens is 784 g/mol. The molecule has 5 aliphatic rings. The third-order valence-corrected chi connectivity index (χ3v) is 13.2. The van der Waals surface area contributed by atoms with Crippen LogP contribution in [0.2, 0.25) is 0 Å². The number of carbonyl (C=O) groups excluding carboxylic acids is 5. The van der Waals surface area contributed by atoms with Gasteiger partial charge in [-0.15, -0.1) is 0 Å². The third kappa shape index (κ3) is 8.01. The Hall–Kier alpha value is -6.00. The number of likely N-dealkylation sites (N-methyl/N-ethyl adjacent to an activating group) is 1. The number of carbonyl (C=O) groups is 5. The Morgan fingerprint density at radius 1 is 1.08 bits per heavy atom. The molecule has 2 aromatic heterocycles. The molecule has 4 aromatic rings. The monoisotopic (exact) mass is 832 g/mol. The first-order valence-corrected chi connectivity index (χ1v) is 21.0. The molecule has 6 heterocycles. The number of nitrogens with zero attached hydrogens (tertiary/aromatic N) is 5. The first kappa shape index (κ1) is 40.4. The minimum Gasteiger partial charge on any atom is -0.474 e. The van der Waals surface area contributed by atoms with Crippen molar-refractivity contribution in [1.29, 1.82) is 0 Å². The van der Waals surface area contributed by atoms with E-state index in [1.165, 1.54) is 11.0 Å². The Labute approximate surface area is 352 Å².